The molecule has 0 aliphatic rings. The second kappa shape index (κ2) is 4.50. The van der Waals surface area contributed by atoms with Crippen LogP contribution in [0.15, 0.2) is 47.0 Å². The van der Waals surface area contributed by atoms with E-state index in [4.69, 9.17) is 4.52 Å². The van der Waals surface area contributed by atoms with Crippen molar-refractivity contribution >= 4 is 28.8 Å². The van der Waals surface area contributed by atoms with Crippen LogP contribution in [0.5, 0.6) is 5.75 Å². The molecule has 0 spiro atoms. The zero-order chi connectivity index (χ0) is 9.80. The summed E-state index contributed by atoms with van der Waals surface area (Å²) in [5.41, 5.74) is 0. The van der Waals surface area contributed by atoms with Crippen LogP contribution in [0.2, 0.25) is 0 Å². The molecule has 1 atom stereocenters. The maximum Gasteiger partial charge on any atom is 0.245 e. The van der Waals surface area contributed by atoms with E-state index in [9.17, 15) is 0 Å². The van der Waals surface area contributed by atoms with E-state index < -0.39 is 0 Å². The predicted molar refractivity (Wildman–Crippen MR) is 63.6 cm³/mol. The average molecular weight is 221 g/mol. The number of benzene rings is 2. The highest BCUT2D eigenvalue weighted by atomic mass is 31.1. The number of rotatable bonds is 2. The van der Waals surface area contributed by atoms with Gasteiger partial charge in [0.25, 0.3) is 0 Å². The molecule has 0 aromatic heterocycles. The van der Waals surface area contributed by atoms with Crippen LogP contribution in [0.1, 0.15) is 0 Å². The lowest BCUT2D eigenvalue weighted by Gasteiger charge is -2.02. The summed E-state index contributed by atoms with van der Waals surface area (Å²) in [6.45, 7) is 0. The number of hydrogen-bond acceptors (Lipinski definition) is 2. The van der Waals surface area contributed by atoms with Gasteiger partial charge in [-0.1, -0.05) is 36.4 Å². The number of nitrogens with zero attached hydrogens (tertiary/aromatic N) is 1. The molecule has 14 heavy (non-hydrogen) atoms. The van der Waals surface area contributed by atoms with Crippen LogP contribution in [-0.4, -0.2) is 0 Å². The Morgan fingerprint density at radius 2 is 1.86 bits per heavy atom. The molecule has 0 amide bonds. The van der Waals surface area contributed by atoms with Crippen LogP contribution in [0.25, 0.3) is 10.8 Å². The van der Waals surface area contributed by atoms with Crippen molar-refractivity contribution in [1.82, 2.24) is 0 Å². The van der Waals surface area contributed by atoms with Crippen molar-refractivity contribution in [3.63, 3.8) is 0 Å². The molecule has 0 radical (unpaired) electrons. The van der Waals surface area contributed by atoms with E-state index in [1.165, 1.54) is 5.39 Å². The lowest BCUT2D eigenvalue weighted by molar-refractivity contribution is 0.647. The summed E-state index contributed by atoms with van der Waals surface area (Å²) in [7, 11) is 2.88. The van der Waals surface area contributed by atoms with Gasteiger partial charge in [0, 0.05) is 5.39 Å². The highest BCUT2D eigenvalue weighted by Gasteiger charge is 1.99. The molecule has 0 bridgehead atoms. The van der Waals surface area contributed by atoms with Gasteiger partial charge in [0.2, 0.25) is 8.60 Å². The Balaban J connectivity index is 2.53. The fourth-order valence-corrected chi connectivity index (χ4v) is 1.78. The maximum absolute atomic E-state index is 5.45. The standard InChI is InChI=1S/C10H9NOP2/c13-11-14-12-10-7-3-5-8-4-1-2-6-9(8)10/h1-7H,13H2. The Morgan fingerprint density at radius 3 is 2.71 bits per heavy atom. The molecule has 0 saturated heterocycles. The smallest absolute Gasteiger partial charge is 0.245 e. The average Bonchev–Trinajstić information content (AvgIpc) is 2.26. The Labute approximate surface area is 86.5 Å². The quantitative estimate of drug-likeness (QED) is 0.701. The highest BCUT2D eigenvalue weighted by Crippen LogP contribution is 2.28. The third-order valence-electron chi connectivity index (χ3n) is 1.94. The Morgan fingerprint density at radius 1 is 1.07 bits per heavy atom. The summed E-state index contributed by atoms with van der Waals surface area (Å²) in [4.78, 5) is 0. The maximum atomic E-state index is 5.45. The molecule has 1 unspecified atom stereocenters. The van der Waals surface area contributed by atoms with E-state index in [0.717, 1.165) is 11.1 Å². The second-order valence-corrected chi connectivity index (χ2v) is 4.04. The molecule has 2 aromatic rings. The van der Waals surface area contributed by atoms with Crippen molar-refractivity contribution in [3.8, 4) is 5.75 Å². The summed E-state index contributed by atoms with van der Waals surface area (Å²) in [6.07, 6.45) is 0. The largest absolute Gasteiger partial charge is 0.422 e. The van der Waals surface area contributed by atoms with Gasteiger partial charge >= 0.3 is 0 Å². The van der Waals surface area contributed by atoms with Gasteiger partial charge in [0.15, 0.2) is 0 Å². The first-order valence-electron chi connectivity index (χ1n) is 4.17. The second-order valence-electron chi connectivity index (χ2n) is 2.77. The first-order chi connectivity index (χ1) is 6.92. The monoisotopic (exact) mass is 221 g/mol. The summed E-state index contributed by atoms with van der Waals surface area (Å²) in [5, 5.41) is 2.31. The number of hydrogen-bond donors (Lipinski definition) is 0. The molecule has 2 rings (SSSR count). The molecule has 2 nitrogen and oxygen atoms in total. The minimum Gasteiger partial charge on any atom is -0.422 e. The third-order valence-corrected chi connectivity index (χ3v) is 2.59. The molecule has 0 fully saturated rings. The van der Waals surface area contributed by atoms with Crippen molar-refractivity contribution < 1.29 is 4.52 Å². The lowest BCUT2D eigenvalue weighted by atomic mass is 10.1. The zero-order valence-electron chi connectivity index (χ0n) is 7.42. The highest BCUT2D eigenvalue weighted by molar-refractivity contribution is 7.31. The summed E-state index contributed by atoms with van der Waals surface area (Å²) >= 11 is 0. The van der Waals surface area contributed by atoms with Crippen molar-refractivity contribution in [3.05, 3.63) is 42.5 Å². The molecular weight excluding hydrogens is 212 g/mol. The van der Waals surface area contributed by atoms with Crippen LogP contribution >= 0.6 is 18.0 Å². The molecule has 0 heterocycles. The van der Waals surface area contributed by atoms with Crippen molar-refractivity contribution in [2.24, 2.45) is 4.52 Å². The molecule has 0 aliphatic carbocycles. The van der Waals surface area contributed by atoms with Gasteiger partial charge in [-0.15, -0.1) is 0 Å². The number of fused-ring (bicyclic) bond motifs is 1. The van der Waals surface area contributed by atoms with E-state index in [1.807, 2.05) is 30.3 Å². The molecule has 4 heteroatoms. The zero-order valence-corrected chi connectivity index (χ0v) is 9.47. The minimum atomic E-state index is 0.604. The summed E-state index contributed by atoms with van der Waals surface area (Å²) in [6, 6.07) is 14.1. The van der Waals surface area contributed by atoms with Gasteiger partial charge in [-0.25, -0.2) is 4.52 Å². The van der Waals surface area contributed by atoms with Crippen LogP contribution in [0.4, 0.5) is 0 Å². The van der Waals surface area contributed by atoms with Crippen LogP contribution in [0.3, 0.4) is 0 Å². The van der Waals surface area contributed by atoms with Gasteiger partial charge in [0.05, 0.1) is 0 Å². The van der Waals surface area contributed by atoms with Crippen molar-refractivity contribution in [1.29, 1.82) is 0 Å². The predicted octanol–water partition coefficient (Wildman–Crippen LogP) is 4.05. The Kier molecular flexibility index (Phi) is 3.08. The first-order valence-corrected chi connectivity index (χ1v) is 5.45. The lowest BCUT2D eigenvalue weighted by Crippen LogP contribution is -1.78. The van der Waals surface area contributed by atoms with Gasteiger partial charge in [-0.3, -0.25) is 0 Å². The molecular formula is C10H9NOP2. The fraction of sp³-hybridized carbons (Fsp3) is 0. The van der Waals surface area contributed by atoms with Crippen LogP contribution in [0, 0.1) is 0 Å². The van der Waals surface area contributed by atoms with E-state index >= 15 is 0 Å². The van der Waals surface area contributed by atoms with E-state index in [1.54, 1.807) is 0 Å². The van der Waals surface area contributed by atoms with Gasteiger partial charge in [0.1, 0.15) is 5.75 Å². The SMILES string of the molecule is PN=POc1cccc2ccccc12. The topological polar surface area (TPSA) is 21.6 Å². The van der Waals surface area contributed by atoms with Gasteiger partial charge < -0.3 is 4.52 Å². The molecule has 0 saturated carbocycles. The van der Waals surface area contributed by atoms with E-state index in [2.05, 4.69) is 26.0 Å². The first kappa shape index (κ1) is 9.58. The molecule has 70 valence electrons. The van der Waals surface area contributed by atoms with Gasteiger partial charge in [-0.05, 0) is 20.8 Å². The Bertz CT molecular complexity index is 465. The fourth-order valence-electron chi connectivity index (χ4n) is 1.34. The third kappa shape index (κ3) is 1.92. The van der Waals surface area contributed by atoms with Crippen molar-refractivity contribution in [2.75, 3.05) is 0 Å². The van der Waals surface area contributed by atoms with Crippen LogP contribution in [-0.2, 0) is 0 Å². The minimum absolute atomic E-state index is 0.604. The van der Waals surface area contributed by atoms with Crippen LogP contribution < -0.4 is 4.52 Å². The summed E-state index contributed by atoms with van der Waals surface area (Å²) in [5.74, 6) is 0.871. The Hall–Kier alpha value is -0.970. The normalized spacial score (nSPS) is 10.9. The van der Waals surface area contributed by atoms with Crippen molar-refractivity contribution in [2.45, 2.75) is 0 Å². The van der Waals surface area contributed by atoms with E-state index in [0.29, 0.717) is 8.60 Å². The summed E-state index contributed by atoms with van der Waals surface area (Å²) < 4.78 is 9.26. The molecule has 0 N–H and O–H groups in total. The molecule has 2 aromatic carbocycles. The van der Waals surface area contributed by atoms with Gasteiger partial charge in [-0.2, -0.15) is 0 Å². The molecule has 0 aliphatic heterocycles. The van der Waals surface area contributed by atoms with E-state index in [-0.39, 0.29) is 0 Å².